The van der Waals surface area contributed by atoms with E-state index in [0.717, 1.165) is 18.7 Å². The van der Waals surface area contributed by atoms with Crippen LogP contribution in [0.4, 0.5) is 0 Å². The molecule has 3 heteroatoms. The Morgan fingerprint density at radius 3 is 2.44 bits per heavy atom. The smallest absolute Gasteiger partial charge is 0.0991 e. The van der Waals surface area contributed by atoms with Crippen LogP contribution in [-0.4, -0.2) is 18.1 Å². The Morgan fingerprint density at radius 1 is 1.04 bits per heavy atom. The maximum Gasteiger partial charge on any atom is 0.0991 e. The van der Waals surface area contributed by atoms with E-state index in [1.807, 2.05) is 12.1 Å². The average Bonchev–Trinajstić information content (AvgIpc) is 3.41. The molecular formula is C22H25N3. The van der Waals surface area contributed by atoms with Crippen LogP contribution in [0.3, 0.4) is 0 Å². The summed E-state index contributed by atoms with van der Waals surface area (Å²) in [4.78, 5) is 0. The van der Waals surface area contributed by atoms with Crippen molar-refractivity contribution in [2.45, 2.75) is 49.7 Å². The number of nitrogens with one attached hydrogen (secondary N) is 2. The zero-order chi connectivity index (χ0) is 17.1. The molecule has 0 radical (unpaired) electrons. The summed E-state index contributed by atoms with van der Waals surface area (Å²) in [6.45, 7) is 1.93. The highest BCUT2D eigenvalue weighted by Gasteiger charge is 2.42. The van der Waals surface area contributed by atoms with E-state index in [2.05, 4.69) is 59.2 Å². The molecule has 25 heavy (non-hydrogen) atoms. The van der Waals surface area contributed by atoms with E-state index in [0.29, 0.717) is 12.0 Å². The van der Waals surface area contributed by atoms with E-state index >= 15 is 0 Å². The Kier molecular flexibility index (Phi) is 4.57. The van der Waals surface area contributed by atoms with E-state index < -0.39 is 0 Å². The highest BCUT2D eigenvalue weighted by Crippen LogP contribution is 2.41. The first kappa shape index (κ1) is 16.3. The first-order valence-corrected chi connectivity index (χ1v) is 9.30. The van der Waals surface area contributed by atoms with Crippen molar-refractivity contribution >= 4 is 0 Å². The Morgan fingerprint density at radius 2 is 1.80 bits per heavy atom. The lowest BCUT2D eigenvalue weighted by Crippen LogP contribution is -2.57. The lowest BCUT2D eigenvalue weighted by atomic mass is 9.76. The normalized spacial score (nSPS) is 23.5. The van der Waals surface area contributed by atoms with Crippen LogP contribution in [0.15, 0.2) is 54.6 Å². The molecule has 2 aliphatic rings. The van der Waals surface area contributed by atoms with Gasteiger partial charge in [0.2, 0.25) is 0 Å². The van der Waals surface area contributed by atoms with Crippen molar-refractivity contribution in [3.05, 3.63) is 71.3 Å². The molecule has 0 aromatic heterocycles. The van der Waals surface area contributed by atoms with Crippen molar-refractivity contribution in [3.63, 3.8) is 0 Å². The number of benzene rings is 2. The summed E-state index contributed by atoms with van der Waals surface area (Å²) in [5.41, 5.74) is 3.69. The van der Waals surface area contributed by atoms with E-state index in [1.54, 1.807) is 0 Å². The molecule has 2 N–H and O–H groups in total. The van der Waals surface area contributed by atoms with Gasteiger partial charge in [-0.3, -0.25) is 0 Å². The maximum atomic E-state index is 8.89. The third-order valence-corrected chi connectivity index (χ3v) is 5.78. The quantitative estimate of drug-likeness (QED) is 0.813. The van der Waals surface area contributed by atoms with Gasteiger partial charge in [0.15, 0.2) is 0 Å². The van der Waals surface area contributed by atoms with Gasteiger partial charge in [-0.1, -0.05) is 42.5 Å². The lowest BCUT2D eigenvalue weighted by molar-refractivity contribution is 0.176. The fourth-order valence-electron chi connectivity index (χ4n) is 3.82. The van der Waals surface area contributed by atoms with Crippen LogP contribution >= 0.6 is 0 Å². The number of hydrogen-bond acceptors (Lipinski definition) is 3. The van der Waals surface area contributed by atoms with Crippen molar-refractivity contribution in [1.29, 1.82) is 5.26 Å². The maximum absolute atomic E-state index is 8.89. The van der Waals surface area contributed by atoms with Crippen LogP contribution in [-0.2, 0) is 6.54 Å². The topological polar surface area (TPSA) is 47.9 Å². The number of nitrogens with zero attached hydrogens (tertiary/aromatic N) is 1. The molecular weight excluding hydrogens is 306 g/mol. The molecule has 0 saturated heterocycles. The van der Waals surface area contributed by atoms with Crippen molar-refractivity contribution in [2.75, 3.05) is 6.54 Å². The van der Waals surface area contributed by atoms with Crippen LogP contribution in [0.2, 0.25) is 0 Å². The van der Waals surface area contributed by atoms with Gasteiger partial charge in [-0.15, -0.1) is 0 Å². The highest BCUT2D eigenvalue weighted by molar-refractivity contribution is 5.31. The molecule has 0 heterocycles. The Hall–Kier alpha value is -2.15. The predicted molar refractivity (Wildman–Crippen MR) is 100 cm³/mol. The Bertz CT molecular complexity index is 741. The van der Waals surface area contributed by atoms with Gasteiger partial charge in [0, 0.05) is 30.6 Å². The van der Waals surface area contributed by atoms with Gasteiger partial charge in [0.05, 0.1) is 11.6 Å². The SMILES string of the molecule is N#Cc1ccc(CNC2(CNC3C[C@@H]3c3ccccc3)CCC2)cc1. The lowest BCUT2D eigenvalue weighted by Gasteiger charge is -2.43. The predicted octanol–water partition coefficient (Wildman–Crippen LogP) is 3.72. The fourth-order valence-corrected chi connectivity index (χ4v) is 3.82. The molecule has 2 aromatic carbocycles. The second kappa shape index (κ2) is 7.00. The number of rotatable bonds is 7. The van der Waals surface area contributed by atoms with E-state index in [4.69, 9.17) is 5.26 Å². The van der Waals surface area contributed by atoms with Crippen LogP contribution in [0, 0.1) is 11.3 Å². The molecule has 0 bridgehead atoms. The van der Waals surface area contributed by atoms with Gasteiger partial charge in [-0.2, -0.15) is 5.26 Å². The number of nitriles is 1. The molecule has 2 aromatic rings. The minimum absolute atomic E-state index is 0.248. The highest BCUT2D eigenvalue weighted by atomic mass is 15.1. The first-order valence-electron chi connectivity index (χ1n) is 9.30. The molecule has 0 amide bonds. The standard InChI is InChI=1S/C22H25N3/c23-14-17-7-9-18(10-8-17)15-25-22(11-4-12-22)16-24-21-13-20(21)19-5-2-1-3-6-19/h1-3,5-10,20-21,24-25H,4,11-13,15-16H2/t20-,21?/m1/s1. The summed E-state index contributed by atoms with van der Waals surface area (Å²) in [7, 11) is 0. The van der Waals surface area contributed by atoms with Crippen molar-refractivity contribution in [3.8, 4) is 6.07 Å². The largest absolute Gasteiger partial charge is 0.312 e. The molecule has 2 fully saturated rings. The van der Waals surface area contributed by atoms with Gasteiger partial charge in [0.1, 0.15) is 0 Å². The monoisotopic (exact) mass is 331 g/mol. The molecule has 1 unspecified atom stereocenters. The average molecular weight is 331 g/mol. The zero-order valence-corrected chi connectivity index (χ0v) is 14.5. The summed E-state index contributed by atoms with van der Waals surface area (Å²) in [5, 5.41) is 16.5. The first-order chi connectivity index (χ1) is 12.3. The van der Waals surface area contributed by atoms with Crippen LogP contribution in [0.5, 0.6) is 0 Å². The van der Waals surface area contributed by atoms with Crippen LogP contribution in [0.1, 0.15) is 48.3 Å². The summed E-state index contributed by atoms with van der Waals surface area (Å²) >= 11 is 0. The second-order valence-corrected chi connectivity index (χ2v) is 7.54. The van der Waals surface area contributed by atoms with E-state index in [-0.39, 0.29) is 5.54 Å². The van der Waals surface area contributed by atoms with Crippen LogP contribution in [0.25, 0.3) is 0 Å². The van der Waals surface area contributed by atoms with E-state index in [9.17, 15) is 0 Å². The van der Waals surface area contributed by atoms with Gasteiger partial charge in [-0.25, -0.2) is 0 Å². The summed E-state index contributed by atoms with van der Waals surface area (Å²) < 4.78 is 0. The zero-order valence-electron chi connectivity index (χ0n) is 14.5. The second-order valence-electron chi connectivity index (χ2n) is 7.54. The Labute approximate surface area is 150 Å². The van der Waals surface area contributed by atoms with Gasteiger partial charge >= 0.3 is 0 Å². The number of hydrogen-bond donors (Lipinski definition) is 2. The Balaban J connectivity index is 1.28. The molecule has 2 atom stereocenters. The van der Waals surface area contributed by atoms with Gasteiger partial charge < -0.3 is 10.6 Å². The minimum atomic E-state index is 0.248. The third-order valence-electron chi connectivity index (χ3n) is 5.78. The third kappa shape index (κ3) is 3.76. The molecule has 2 aliphatic carbocycles. The summed E-state index contributed by atoms with van der Waals surface area (Å²) in [6, 6.07) is 21.6. The molecule has 0 aliphatic heterocycles. The van der Waals surface area contributed by atoms with Crippen molar-refractivity contribution in [1.82, 2.24) is 10.6 Å². The summed E-state index contributed by atoms with van der Waals surface area (Å²) in [5.74, 6) is 0.692. The minimum Gasteiger partial charge on any atom is -0.312 e. The van der Waals surface area contributed by atoms with Crippen LogP contribution < -0.4 is 10.6 Å². The molecule has 4 rings (SSSR count). The summed E-state index contributed by atoms with van der Waals surface area (Å²) in [6.07, 6.45) is 5.07. The molecule has 0 spiro atoms. The van der Waals surface area contributed by atoms with Crippen molar-refractivity contribution < 1.29 is 0 Å². The fraction of sp³-hybridized carbons (Fsp3) is 0.409. The van der Waals surface area contributed by atoms with Gasteiger partial charge in [-0.05, 0) is 48.9 Å². The van der Waals surface area contributed by atoms with E-state index in [1.165, 1.54) is 36.8 Å². The molecule has 3 nitrogen and oxygen atoms in total. The molecule has 128 valence electrons. The molecule has 2 saturated carbocycles. The van der Waals surface area contributed by atoms with Crippen molar-refractivity contribution in [2.24, 2.45) is 0 Å². The van der Waals surface area contributed by atoms with Gasteiger partial charge in [0.25, 0.3) is 0 Å².